The Labute approximate surface area is 130 Å². The van der Waals surface area contributed by atoms with Crippen LogP contribution < -0.4 is 5.32 Å². The summed E-state index contributed by atoms with van der Waals surface area (Å²) in [6, 6.07) is 5.64. The Morgan fingerprint density at radius 2 is 2.05 bits per heavy atom. The van der Waals surface area contributed by atoms with Crippen molar-refractivity contribution in [1.82, 2.24) is 10.2 Å². The normalized spacial score (nSPS) is 18.3. The number of likely N-dealkylation sites (tertiary alicyclic amines) is 1. The van der Waals surface area contributed by atoms with Gasteiger partial charge in [0.05, 0.1) is 0 Å². The maximum Gasteiger partial charge on any atom is 0.222 e. The SMILES string of the molecule is CNCCCC(=O)N1CCCC(C(=O)c2ccc(F)cc2)C1. The molecule has 1 aromatic rings. The average Bonchev–Trinajstić information content (AvgIpc) is 2.55. The summed E-state index contributed by atoms with van der Waals surface area (Å²) in [6.45, 7) is 2.03. The van der Waals surface area contributed by atoms with Gasteiger partial charge in [-0.3, -0.25) is 9.59 Å². The minimum absolute atomic E-state index is 0.00715. The van der Waals surface area contributed by atoms with Gasteiger partial charge in [-0.15, -0.1) is 0 Å². The van der Waals surface area contributed by atoms with Crippen LogP contribution in [0.15, 0.2) is 24.3 Å². The maximum absolute atomic E-state index is 12.9. The highest BCUT2D eigenvalue weighted by atomic mass is 19.1. The molecule has 1 heterocycles. The van der Waals surface area contributed by atoms with Crippen molar-refractivity contribution in [2.75, 3.05) is 26.7 Å². The monoisotopic (exact) mass is 306 g/mol. The van der Waals surface area contributed by atoms with E-state index in [9.17, 15) is 14.0 Å². The van der Waals surface area contributed by atoms with Crippen LogP contribution >= 0.6 is 0 Å². The Kier molecular flexibility index (Phi) is 6.07. The summed E-state index contributed by atoms with van der Waals surface area (Å²) in [5, 5.41) is 3.02. The predicted molar refractivity (Wildman–Crippen MR) is 83.2 cm³/mol. The summed E-state index contributed by atoms with van der Waals surface area (Å²) < 4.78 is 12.9. The Balaban J connectivity index is 1.93. The molecule has 0 radical (unpaired) electrons. The van der Waals surface area contributed by atoms with Crippen molar-refractivity contribution in [2.24, 2.45) is 5.92 Å². The number of ketones is 1. The molecule has 1 atom stereocenters. The van der Waals surface area contributed by atoms with Gasteiger partial charge in [-0.2, -0.15) is 0 Å². The lowest BCUT2D eigenvalue weighted by atomic mass is 9.90. The van der Waals surface area contributed by atoms with Crippen molar-refractivity contribution in [2.45, 2.75) is 25.7 Å². The maximum atomic E-state index is 12.9. The summed E-state index contributed by atoms with van der Waals surface area (Å²) in [6.07, 6.45) is 2.95. The Bertz CT molecular complexity index is 516. The highest BCUT2D eigenvalue weighted by Crippen LogP contribution is 2.22. The Morgan fingerprint density at radius 1 is 1.32 bits per heavy atom. The zero-order valence-electron chi connectivity index (χ0n) is 13.0. The number of piperidine rings is 1. The van der Waals surface area contributed by atoms with E-state index in [1.165, 1.54) is 24.3 Å². The van der Waals surface area contributed by atoms with Crippen LogP contribution in [0.3, 0.4) is 0 Å². The molecular weight excluding hydrogens is 283 g/mol. The van der Waals surface area contributed by atoms with Gasteiger partial charge < -0.3 is 10.2 Å². The van der Waals surface area contributed by atoms with E-state index in [1.54, 1.807) is 4.90 Å². The van der Waals surface area contributed by atoms with Crippen LogP contribution in [0.1, 0.15) is 36.0 Å². The summed E-state index contributed by atoms with van der Waals surface area (Å²) in [5.74, 6) is -0.395. The number of nitrogens with one attached hydrogen (secondary N) is 1. The molecule has 0 aliphatic carbocycles. The first-order valence-corrected chi connectivity index (χ1v) is 7.84. The Morgan fingerprint density at radius 3 is 2.73 bits per heavy atom. The zero-order chi connectivity index (χ0) is 15.9. The van der Waals surface area contributed by atoms with Crippen LogP contribution in [0.2, 0.25) is 0 Å². The molecule has 1 aliphatic heterocycles. The van der Waals surface area contributed by atoms with Gasteiger partial charge in [0.1, 0.15) is 5.82 Å². The van der Waals surface area contributed by atoms with E-state index in [4.69, 9.17) is 0 Å². The lowest BCUT2D eigenvalue weighted by Gasteiger charge is -2.32. The highest BCUT2D eigenvalue weighted by Gasteiger charge is 2.28. The van der Waals surface area contributed by atoms with E-state index in [2.05, 4.69) is 5.32 Å². The van der Waals surface area contributed by atoms with Crippen LogP contribution in [0.5, 0.6) is 0 Å². The van der Waals surface area contributed by atoms with Crippen LogP contribution in [0, 0.1) is 11.7 Å². The number of hydrogen-bond acceptors (Lipinski definition) is 3. The highest BCUT2D eigenvalue weighted by molar-refractivity contribution is 5.98. The number of halogens is 1. The first kappa shape index (κ1) is 16.6. The van der Waals surface area contributed by atoms with E-state index in [0.717, 1.165) is 32.4 Å². The number of Topliss-reactive ketones (excluding diaryl/α,β-unsaturated/α-hetero) is 1. The number of carbonyl (C=O) groups excluding carboxylic acids is 2. The van der Waals surface area contributed by atoms with Crippen molar-refractivity contribution in [3.8, 4) is 0 Å². The minimum Gasteiger partial charge on any atom is -0.342 e. The Hall–Kier alpha value is -1.75. The lowest BCUT2D eigenvalue weighted by molar-refractivity contribution is -0.132. The van der Waals surface area contributed by atoms with Crippen molar-refractivity contribution in [1.29, 1.82) is 0 Å². The summed E-state index contributed by atoms with van der Waals surface area (Å²) in [5.41, 5.74) is 0.524. The first-order valence-electron chi connectivity index (χ1n) is 7.84. The van der Waals surface area contributed by atoms with Crippen LogP contribution in [0.4, 0.5) is 4.39 Å². The second-order valence-electron chi connectivity index (χ2n) is 5.76. The standard InChI is InChI=1S/C17H23FN2O2/c1-19-10-2-5-16(21)20-11-3-4-14(12-20)17(22)13-6-8-15(18)9-7-13/h6-9,14,19H,2-5,10-12H2,1H3. The largest absolute Gasteiger partial charge is 0.342 e. The zero-order valence-corrected chi connectivity index (χ0v) is 13.0. The van der Waals surface area contributed by atoms with Crippen molar-refractivity contribution >= 4 is 11.7 Å². The lowest BCUT2D eigenvalue weighted by Crippen LogP contribution is -2.42. The summed E-state index contributed by atoms with van der Waals surface area (Å²) >= 11 is 0. The molecule has 0 spiro atoms. The van der Waals surface area contributed by atoms with Gasteiger partial charge >= 0.3 is 0 Å². The molecule has 1 aromatic carbocycles. The third kappa shape index (κ3) is 4.37. The van der Waals surface area contributed by atoms with Crippen molar-refractivity contribution < 1.29 is 14.0 Å². The summed E-state index contributed by atoms with van der Waals surface area (Å²) in [7, 11) is 1.86. The molecule has 120 valence electrons. The molecular formula is C17H23FN2O2. The van der Waals surface area contributed by atoms with Gasteiger partial charge in [0.25, 0.3) is 0 Å². The number of rotatable bonds is 6. The molecule has 1 aliphatic rings. The number of hydrogen-bond donors (Lipinski definition) is 1. The molecule has 5 heteroatoms. The van der Waals surface area contributed by atoms with Gasteiger partial charge in [-0.1, -0.05) is 0 Å². The molecule has 1 unspecified atom stereocenters. The van der Waals surface area contributed by atoms with Gasteiger partial charge in [-0.05, 0) is 57.1 Å². The van der Waals surface area contributed by atoms with Gasteiger partial charge in [0, 0.05) is 31.0 Å². The molecule has 0 aromatic heterocycles. The molecule has 1 N–H and O–H groups in total. The number of benzene rings is 1. The van der Waals surface area contributed by atoms with E-state index in [-0.39, 0.29) is 23.4 Å². The molecule has 1 fully saturated rings. The molecule has 0 bridgehead atoms. The fourth-order valence-electron chi connectivity index (χ4n) is 2.84. The third-order valence-corrected chi connectivity index (χ3v) is 4.09. The third-order valence-electron chi connectivity index (χ3n) is 4.09. The van der Waals surface area contributed by atoms with E-state index in [0.29, 0.717) is 18.5 Å². The number of nitrogens with zero attached hydrogens (tertiary/aromatic N) is 1. The fourth-order valence-corrected chi connectivity index (χ4v) is 2.84. The molecule has 1 amide bonds. The molecule has 22 heavy (non-hydrogen) atoms. The van der Waals surface area contributed by atoms with E-state index >= 15 is 0 Å². The van der Waals surface area contributed by atoms with Crippen LogP contribution in [-0.4, -0.2) is 43.3 Å². The van der Waals surface area contributed by atoms with E-state index < -0.39 is 0 Å². The molecule has 2 rings (SSSR count). The van der Waals surface area contributed by atoms with Crippen LogP contribution in [-0.2, 0) is 4.79 Å². The number of carbonyl (C=O) groups is 2. The van der Waals surface area contributed by atoms with E-state index in [1.807, 2.05) is 7.05 Å². The fraction of sp³-hybridized carbons (Fsp3) is 0.529. The predicted octanol–water partition coefficient (Wildman–Crippen LogP) is 2.25. The second-order valence-corrected chi connectivity index (χ2v) is 5.76. The molecule has 4 nitrogen and oxygen atoms in total. The van der Waals surface area contributed by atoms with Crippen molar-refractivity contribution in [3.05, 3.63) is 35.6 Å². The van der Waals surface area contributed by atoms with Gasteiger partial charge in [0.2, 0.25) is 5.91 Å². The number of amides is 1. The van der Waals surface area contributed by atoms with Crippen LogP contribution in [0.25, 0.3) is 0 Å². The van der Waals surface area contributed by atoms with Crippen molar-refractivity contribution in [3.63, 3.8) is 0 Å². The summed E-state index contributed by atoms with van der Waals surface area (Å²) in [4.78, 5) is 26.4. The first-order chi connectivity index (χ1) is 10.6. The topological polar surface area (TPSA) is 49.4 Å². The quantitative estimate of drug-likeness (QED) is 0.648. The second kappa shape index (κ2) is 8.03. The molecule has 0 saturated carbocycles. The van der Waals surface area contributed by atoms with Gasteiger partial charge in [0.15, 0.2) is 5.78 Å². The van der Waals surface area contributed by atoms with Gasteiger partial charge in [-0.25, -0.2) is 4.39 Å². The average molecular weight is 306 g/mol. The smallest absolute Gasteiger partial charge is 0.222 e. The molecule has 1 saturated heterocycles. The minimum atomic E-state index is -0.346.